The third kappa shape index (κ3) is 3.32. The quantitative estimate of drug-likeness (QED) is 0.566. The molecule has 0 amide bonds. The van der Waals surface area contributed by atoms with Crippen LogP contribution in [0.15, 0.2) is 41.4 Å². The van der Waals surface area contributed by atoms with E-state index in [1.807, 2.05) is 0 Å². The molecule has 2 aromatic rings. The number of nitro benzene ring substituents is 1. The number of aromatic nitrogens is 1. The van der Waals surface area contributed by atoms with E-state index in [9.17, 15) is 22.9 Å². The van der Waals surface area contributed by atoms with Crippen molar-refractivity contribution in [1.82, 2.24) is 9.29 Å². The van der Waals surface area contributed by atoms with Crippen LogP contribution in [0.1, 0.15) is 43.0 Å². The number of nitro groups is 1. The normalized spacial score (nSPS) is 15.8. The smallest absolute Gasteiger partial charge is 0.258 e. The van der Waals surface area contributed by atoms with Gasteiger partial charge in [0.2, 0.25) is 10.0 Å². The lowest BCUT2D eigenvalue weighted by Gasteiger charge is -2.24. The molecule has 9 heteroatoms. The van der Waals surface area contributed by atoms with Gasteiger partial charge < -0.3 is 0 Å². The van der Waals surface area contributed by atoms with Crippen LogP contribution in [-0.4, -0.2) is 29.7 Å². The molecule has 0 bridgehead atoms. The standard InChI is InChI=1S/C17H18FN3O4S/c1-11(17-14(18)9-13(10-19-17)12-7-8-12)20(2)26(24,25)16-6-4-3-5-15(16)21(22)23/h3-6,9-12H,7-8H2,1-2H3/t11-/m1/s1. The van der Waals surface area contributed by atoms with Crippen molar-refractivity contribution in [3.63, 3.8) is 0 Å². The Morgan fingerprint density at radius 1 is 1.35 bits per heavy atom. The number of halogens is 1. The fourth-order valence-corrected chi connectivity index (χ4v) is 4.26. The van der Waals surface area contributed by atoms with Crippen molar-refractivity contribution in [2.24, 2.45) is 0 Å². The molecule has 0 saturated heterocycles. The van der Waals surface area contributed by atoms with Crippen LogP contribution in [0, 0.1) is 15.9 Å². The molecule has 1 aromatic carbocycles. The molecule has 1 aliphatic rings. The molecular formula is C17H18FN3O4S. The molecule has 26 heavy (non-hydrogen) atoms. The minimum absolute atomic E-state index is 0.0148. The number of benzene rings is 1. The largest absolute Gasteiger partial charge is 0.289 e. The van der Waals surface area contributed by atoms with Crippen LogP contribution in [0.3, 0.4) is 0 Å². The fourth-order valence-electron chi connectivity index (χ4n) is 2.77. The van der Waals surface area contributed by atoms with Gasteiger partial charge >= 0.3 is 0 Å². The molecule has 1 heterocycles. The topological polar surface area (TPSA) is 93.4 Å². The van der Waals surface area contributed by atoms with Gasteiger partial charge in [-0.3, -0.25) is 15.1 Å². The maximum Gasteiger partial charge on any atom is 0.289 e. The molecule has 3 rings (SSSR count). The summed E-state index contributed by atoms with van der Waals surface area (Å²) in [5.41, 5.74) is 0.269. The van der Waals surface area contributed by atoms with Gasteiger partial charge in [-0.15, -0.1) is 0 Å². The molecule has 138 valence electrons. The highest BCUT2D eigenvalue weighted by molar-refractivity contribution is 7.89. The van der Waals surface area contributed by atoms with Gasteiger partial charge in [0.25, 0.3) is 5.69 Å². The predicted octanol–water partition coefficient (Wildman–Crippen LogP) is 3.39. The highest BCUT2D eigenvalue weighted by Gasteiger charge is 2.34. The summed E-state index contributed by atoms with van der Waals surface area (Å²) < 4.78 is 41.0. The molecule has 0 unspecified atom stereocenters. The lowest BCUT2D eigenvalue weighted by atomic mass is 10.1. The monoisotopic (exact) mass is 379 g/mol. The Bertz CT molecular complexity index is 960. The van der Waals surface area contributed by atoms with Crippen LogP contribution in [0.2, 0.25) is 0 Å². The number of hydrogen-bond donors (Lipinski definition) is 0. The number of nitrogens with zero attached hydrogens (tertiary/aromatic N) is 3. The zero-order valence-corrected chi connectivity index (χ0v) is 15.1. The molecule has 1 aliphatic carbocycles. The van der Waals surface area contributed by atoms with Gasteiger partial charge in [0.1, 0.15) is 5.82 Å². The van der Waals surface area contributed by atoms with Crippen LogP contribution in [0.4, 0.5) is 10.1 Å². The number of sulfonamides is 1. The van der Waals surface area contributed by atoms with Gasteiger partial charge in [0.05, 0.1) is 16.7 Å². The third-order valence-electron chi connectivity index (χ3n) is 4.60. The zero-order chi connectivity index (χ0) is 19.1. The first-order valence-electron chi connectivity index (χ1n) is 8.10. The van der Waals surface area contributed by atoms with Crippen molar-refractivity contribution >= 4 is 15.7 Å². The summed E-state index contributed by atoms with van der Waals surface area (Å²) in [7, 11) is -2.95. The van der Waals surface area contributed by atoms with Gasteiger partial charge in [-0.2, -0.15) is 4.31 Å². The van der Waals surface area contributed by atoms with E-state index in [2.05, 4.69) is 4.98 Å². The third-order valence-corrected chi connectivity index (χ3v) is 6.58. The highest BCUT2D eigenvalue weighted by atomic mass is 32.2. The first-order valence-corrected chi connectivity index (χ1v) is 9.54. The highest BCUT2D eigenvalue weighted by Crippen LogP contribution is 2.40. The number of para-hydroxylation sites is 1. The van der Waals surface area contributed by atoms with Gasteiger partial charge in [0, 0.05) is 19.3 Å². The maximum atomic E-state index is 14.5. The minimum Gasteiger partial charge on any atom is -0.258 e. The zero-order valence-electron chi connectivity index (χ0n) is 14.3. The van der Waals surface area contributed by atoms with Gasteiger partial charge in [-0.05, 0) is 43.4 Å². The Hall–Kier alpha value is -2.39. The van der Waals surface area contributed by atoms with Crippen molar-refractivity contribution in [3.05, 3.63) is 63.7 Å². The summed E-state index contributed by atoms with van der Waals surface area (Å²) in [4.78, 5) is 14.1. The molecule has 1 saturated carbocycles. The summed E-state index contributed by atoms with van der Waals surface area (Å²) in [5, 5.41) is 11.1. The van der Waals surface area contributed by atoms with Crippen LogP contribution in [0.5, 0.6) is 0 Å². The lowest BCUT2D eigenvalue weighted by Crippen LogP contribution is -2.31. The Morgan fingerprint density at radius 3 is 2.58 bits per heavy atom. The Morgan fingerprint density at radius 2 is 2.00 bits per heavy atom. The Balaban J connectivity index is 1.95. The van der Waals surface area contributed by atoms with Crippen molar-refractivity contribution < 1.29 is 17.7 Å². The minimum atomic E-state index is -4.21. The van der Waals surface area contributed by atoms with Crippen LogP contribution in [-0.2, 0) is 10.0 Å². The molecular weight excluding hydrogens is 361 g/mol. The van der Waals surface area contributed by atoms with E-state index in [1.54, 1.807) is 6.20 Å². The van der Waals surface area contributed by atoms with E-state index in [4.69, 9.17) is 0 Å². The lowest BCUT2D eigenvalue weighted by molar-refractivity contribution is -0.387. The Labute approximate surface area is 150 Å². The first kappa shape index (κ1) is 18.4. The molecule has 0 spiro atoms. The molecule has 1 aromatic heterocycles. The number of rotatable bonds is 6. The summed E-state index contributed by atoms with van der Waals surface area (Å²) in [6, 6.07) is 5.54. The second-order valence-electron chi connectivity index (χ2n) is 6.33. The van der Waals surface area contributed by atoms with E-state index in [-0.39, 0.29) is 5.69 Å². The van der Waals surface area contributed by atoms with E-state index in [1.165, 1.54) is 32.2 Å². The number of pyridine rings is 1. The molecule has 0 aliphatic heterocycles. The van der Waals surface area contributed by atoms with Crippen molar-refractivity contribution in [1.29, 1.82) is 0 Å². The Kier molecular flexibility index (Phi) is 4.76. The summed E-state index contributed by atoms with van der Waals surface area (Å²) in [6.45, 7) is 1.49. The van der Waals surface area contributed by atoms with Crippen LogP contribution >= 0.6 is 0 Å². The van der Waals surface area contributed by atoms with Crippen molar-refractivity contribution in [2.75, 3.05) is 7.05 Å². The average Bonchev–Trinajstić information content (AvgIpc) is 3.45. The molecule has 1 atom stereocenters. The fraction of sp³-hybridized carbons (Fsp3) is 0.353. The first-order chi connectivity index (χ1) is 12.2. The van der Waals surface area contributed by atoms with E-state index < -0.39 is 37.4 Å². The molecule has 0 radical (unpaired) electrons. The van der Waals surface area contributed by atoms with Crippen LogP contribution in [0.25, 0.3) is 0 Å². The molecule has 0 N–H and O–H groups in total. The van der Waals surface area contributed by atoms with Gasteiger partial charge in [-0.25, -0.2) is 12.8 Å². The van der Waals surface area contributed by atoms with E-state index in [0.29, 0.717) is 5.92 Å². The van der Waals surface area contributed by atoms with Gasteiger partial charge in [0.15, 0.2) is 4.90 Å². The average molecular weight is 379 g/mol. The summed E-state index contributed by atoms with van der Waals surface area (Å²) >= 11 is 0. The second-order valence-corrected chi connectivity index (χ2v) is 8.30. The van der Waals surface area contributed by atoms with E-state index >= 15 is 0 Å². The maximum absolute atomic E-state index is 14.5. The van der Waals surface area contributed by atoms with Crippen molar-refractivity contribution in [2.45, 2.75) is 36.6 Å². The molecule has 7 nitrogen and oxygen atoms in total. The van der Waals surface area contributed by atoms with E-state index in [0.717, 1.165) is 34.8 Å². The van der Waals surface area contributed by atoms with Crippen molar-refractivity contribution in [3.8, 4) is 0 Å². The summed E-state index contributed by atoms with van der Waals surface area (Å²) in [6.07, 6.45) is 3.57. The SMILES string of the molecule is C[C@H](c1ncc(C2CC2)cc1F)N(C)S(=O)(=O)c1ccccc1[N+](=O)[O-]. The predicted molar refractivity (Wildman–Crippen MR) is 92.6 cm³/mol. The molecule has 1 fully saturated rings. The number of hydrogen-bond acceptors (Lipinski definition) is 5. The van der Waals surface area contributed by atoms with Gasteiger partial charge in [-0.1, -0.05) is 12.1 Å². The second kappa shape index (κ2) is 6.73. The van der Waals surface area contributed by atoms with Crippen LogP contribution < -0.4 is 0 Å². The summed E-state index contributed by atoms with van der Waals surface area (Å²) in [5.74, 6) is -0.249.